The number of Topliss-reactive ketones (excluding diaryl/α,β-unsaturated/α-hetero) is 2. The van der Waals surface area contributed by atoms with Gasteiger partial charge in [-0.15, -0.1) is 0 Å². The first-order chi connectivity index (χ1) is 22.4. The quantitative estimate of drug-likeness (QED) is 0.197. The number of hydrogen-bond donors (Lipinski definition) is 3. The van der Waals surface area contributed by atoms with E-state index in [9.17, 15) is 38.4 Å². The zero-order valence-corrected chi connectivity index (χ0v) is 31.2. The number of carbonyl (C=O) groups excluding carboxylic acids is 5. The van der Waals surface area contributed by atoms with E-state index in [1.165, 1.54) is 34.8 Å². The largest absolute Gasteiger partial charge is 0.481 e. The molecule has 0 saturated heterocycles. The fourth-order valence-corrected chi connectivity index (χ4v) is 5.05. The Morgan fingerprint density at radius 2 is 1.08 bits per heavy atom. The van der Waals surface area contributed by atoms with Crippen LogP contribution in [-0.2, 0) is 47.8 Å². The molecule has 2 rings (SSSR count). The first kappa shape index (κ1) is 49.5. The average Bonchev–Trinajstić information content (AvgIpc) is 2.96. The van der Waals surface area contributed by atoms with Crippen LogP contribution in [0.25, 0.3) is 0 Å². The zero-order chi connectivity index (χ0) is 39.1. The monoisotopic (exact) mass is 700 g/mol. The highest BCUT2D eigenvalue weighted by Gasteiger charge is 2.37. The van der Waals surface area contributed by atoms with Crippen molar-refractivity contribution in [2.75, 3.05) is 7.11 Å². The van der Waals surface area contributed by atoms with E-state index in [2.05, 4.69) is 11.7 Å². The molecular formula is C36H60O13. The lowest BCUT2D eigenvalue weighted by Gasteiger charge is -2.30. The predicted octanol–water partition coefficient (Wildman–Crippen LogP) is 5.95. The van der Waals surface area contributed by atoms with Crippen LogP contribution in [0.2, 0.25) is 0 Å². The number of carbonyl (C=O) groups is 8. The van der Waals surface area contributed by atoms with Gasteiger partial charge in [0, 0.05) is 31.3 Å². The molecule has 0 radical (unpaired) electrons. The van der Waals surface area contributed by atoms with Crippen LogP contribution in [0.1, 0.15) is 121 Å². The maximum absolute atomic E-state index is 11.2. The lowest BCUT2D eigenvalue weighted by molar-refractivity contribution is -0.155. The van der Waals surface area contributed by atoms with Crippen LogP contribution in [0.4, 0.5) is 0 Å². The molecule has 0 aromatic rings. The van der Waals surface area contributed by atoms with E-state index < -0.39 is 29.7 Å². The Kier molecular flexibility index (Phi) is 26.3. The standard InChI is InChI=1S/2C10H16O3.C8H16O2.C5H6O3.C3H6O2/c1-6-3-4-8(10(12)13)9(5-6)7(2)11;1-6-3-4-8(7(2)11)9(5-6)10(12)13;1-5-6-7(9)10-8(2,3)4;1-4(6)2-3-5(7)8;1-3(4)5-2/h2*6,8-9H,3-5H2,1-2H3,(H,12,13);5-6H2,1-4H3;2-3H,1H3,(H,7,8);1-2H3/b;;;3-2-;. The Morgan fingerprint density at radius 1 is 0.673 bits per heavy atom. The van der Waals surface area contributed by atoms with Crippen LogP contribution in [0.3, 0.4) is 0 Å². The van der Waals surface area contributed by atoms with Gasteiger partial charge in [0.25, 0.3) is 0 Å². The van der Waals surface area contributed by atoms with E-state index in [1.54, 1.807) is 0 Å². The van der Waals surface area contributed by atoms with Gasteiger partial charge in [-0.2, -0.15) is 0 Å². The van der Waals surface area contributed by atoms with Gasteiger partial charge < -0.3 is 24.8 Å². The maximum Gasteiger partial charge on any atom is 0.328 e. The highest BCUT2D eigenvalue weighted by Crippen LogP contribution is 2.35. The van der Waals surface area contributed by atoms with Crippen molar-refractivity contribution in [2.45, 2.75) is 126 Å². The van der Waals surface area contributed by atoms with Crippen LogP contribution in [0.5, 0.6) is 0 Å². The SMILES string of the molecule is CC(=O)/C=C\C(=O)O.CC(=O)C1CC(C)CCC1C(=O)O.CC(=O)C1CCC(C)CC1C(=O)O.CCCC(=O)OC(C)(C)C.COC(C)=O. The van der Waals surface area contributed by atoms with Gasteiger partial charge in [0.2, 0.25) is 0 Å². The summed E-state index contributed by atoms with van der Waals surface area (Å²) in [5.74, 6) is -3.71. The van der Waals surface area contributed by atoms with Crippen molar-refractivity contribution in [1.82, 2.24) is 0 Å². The maximum atomic E-state index is 11.2. The molecule has 0 heterocycles. The van der Waals surface area contributed by atoms with Gasteiger partial charge in [-0.3, -0.25) is 33.6 Å². The third kappa shape index (κ3) is 27.7. The van der Waals surface area contributed by atoms with E-state index in [-0.39, 0.29) is 46.7 Å². The van der Waals surface area contributed by atoms with Crippen molar-refractivity contribution in [3.05, 3.63) is 12.2 Å². The number of carboxylic acid groups (broad SMARTS) is 3. The molecule has 6 atom stereocenters. The molecule has 2 saturated carbocycles. The molecule has 13 heteroatoms. The zero-order valence-electron chi connectivity index (χ0n) is 31.2. The van der Waals surface area contributed by atoms with Crippen molar-refractivity contribution in [3.8, 4) is 0 Å². The second-order valence-corrected chi connectivity index (χ2v) is 13.5. The molecular weight excluding hydrogens is 640 g/mol. The number of carboxylic acids is 3. The Balaban J connectivity index is -0.000000559. The molecule has 3 N–H and O–H groups in total. The van der Waals surface area contributed by atoms with Gasteiger partial charge in [0.1, 0.15) is 17.2 Å². The third-order valence-corrected chi connectivity index (χ3v) is 7.53. The Morgan fingerprint density at radius 3 is 1.37 bits per heavy atom. The number of aliphatic carboxylic acids is 3. The number of ketones is 3. The minimum atomic E-state index is -1.10. The third-order valence-electron chi connectivity index (χ3n) is 7.53. The number of allylic oxidation sites excluding steroid dienone is 1. The van der Waals surface area contributed by atoms with Crippen molar-refractivity contribution < 1.29 is 63.1 Å². The Hall–Kier alpha value is -3.90. The van der Waals surface area contributed by atoms with Crippen LogP contribution >= 0.6 is 0 Å². The van der Waals surface area contributed by atoms with Crippen LogP contribution in [0, 0.1) is 35.5 Å². The van der Waals surface area contributed by atoms with E-state index in [1.807, 2.05) is 34.6 Å². The topological polar surface area (TPSA) is 216 Å². The molecule has 2 aliphatic carbocycles. The summed E-state index contributed by atoms with van der Waals surface area (Å²) in [6.07, 6.45) is 7.89. The van der Waals surface area contributed by atoms with Crippen molar-refractivity contribution in [2.24, 2.45) is 35.5 Å². The second-order valence-electron chi connectivity index (χ2n) is 13.5. The van der Waals surface area contributed by atoms with Gasteiger partial charge in [0.15, 0.2) is 5.78 Å². The van der Waals surface area contributed by atoms with E-state index in [0.717, 1.165) is 44.3 Å². The molecule has 49 heavy (non-hydrogen) atoms. The molecule has 0 aliphatic heterocycles. The molecule has 2 fully saturated rings. The number of esters is 2. The predicted molar refractivity (Wildman–Crippen MR) is 183 cm³/mol. The molecule has 2 aliphatic rings. The van der Waals surface area contributed by atoms with Crippen molar-refractivity contribution in [1.29, 1.82) is 0 Å². The van der Waals surface area contributed by atoms with Gasteiger partial charge in [0.05, 0.1) is 18.9 Å². The van der Waals surface area contributed by atoms with Crippen LogP contribution in [0.15, 0.2) is 12.2 Å². The number of methoxy groups -OCH3 is 1. The summed E-state index contributed by atoms with van der Waals surface area (Å²) in [5.41, 5.74) is -0.327. The Bertz CT molecular complexity index is 1050. The van der Waals surface area contributed by atoms with Gasteiger partial charge in [-0.05, 0) is 104 Å². The average molecular weight is 701 g/mol. The van der Waals surface area contributed by atoms with Gasteiger partial charge in [-0.25, -0.2) is 4.79 Å². The van der Waals surface area contributed by atoms with E-state index >= 15 is 0 Å². The molecule has 0 bridgehead atoms. The number of hydrogen-bond acceptors (Lipinski definition) is 10. The van der Waals surface area contributed by atoms with Crippen molar-refractivity contribution in [3.63, 3.8) is 0 Å². The lowest BCUT2D eigenvalue weighted by atomic mass is 9.73. The molecule has 0 aromatic heterocycles. The minimum Gasteiger partial charge on any atom is -0.481 e. The number of ether oxygens (including phenoxy) is 2. The molecule has 13 nitrogen and oxygen atoms in total. The molecule has 6 unspecified atom stereocenters. The summed E-state index contributed by atoms with van der Waals surface area (Å²) in [5, 5.41) is 25.7. The van der Waals surface area contributed by atoms with Crippen LogP contribution < -0.4 is 0 Å². The highest BCUT2D eigenvalue weighted by molar-refractivity contribution is 5.93. The van der Waals surface area contributed by atoms with Crippen molar-refractivity contribution >= 4 is 47.2 Å². The smallest absolute Gasteiger partial charge is 0.328 e. The molecule has 0 spiro atoms. The fourth-order valence-electron chi connectivity index (χ4n) is 5.05. The molecule has 0 amide bonds. The summed E-state index contributed by atoms with van der Waals surface area (Å²) < 4.78 is 9.15. The summed E-state index contributed by atoms with van der Waals surface area (Å²) >= 11 is 0. The van der Waals surface area contributed by atoms with E-state index in [4.69, 9.17) is 20.1 Å². The first-order valence-corrected chi connectivity index (χ1v) is 16.5. The highest BCUT2D eigenvalue weighted by atomic mass is 16.6. The fraction of sp³-hybridized carbons (Fsp3) is 0.722. The second kappa shape index (κ2) is 26.0. The lowest BCUT2D eigenvalue weighted by Crippen LogP contribution is -2.34. The summed E-state index contributed by atoms with van der Waals surface area (Å²) in [4.78, 5) is 84.1. The minimum absolute atomic E-state index is 0.0268. The van der Waals surface area contributed by atoms with E-state index in [0.29, 0.717) is 31.1 Å². The first-order valence-electron chi connectivity index (χ1n) is 16.5. The summed E-state index contributed by atoms with van der Waals surface area (Å²) in [6, 6.07) is 0. The summed E-state index contributed by atoms with van der Waals surface area (Å²) in [7, 11) is 1.35. The molecule has 0 aromatic carbocycles. The van der Waals surface area contributed by atoms with Gasteiger partial charge >= 0.3 is 29.8 Å². The van der Waals surface area contributed by atoms with Gasteiger partial charge in [-0.1, -0.05) is 20.8 Å². The number of rotatable bonds is 8. The Labute approximate surface area is 291 Å². The normalized spacial score (nSPS) is 22.7. The van der Waals surface area contributed by atoms with Crippen LogP contribution in [-0.4, -0.2) is 75.2 Å². The molecule has 282 valence electrons. The summed E-state index contributed by atoms with van der Waals surface area (Å²) in [6.45, 7) is 17.4.